The van der Waals surface area contributed by atoms with Crippen LogP contribution in [0.15, 0.2) is 42.2 Å². The summed E-state index contributed by atoms with van der Waals surface area (Å²) in [5.74, 6) is -0.485. The van der Waals surface area contributed by atoms with Crippen molar-refractivity contribution in [3.8, 4) is 17.6 Å². The van der Waals surface area contributed by atoms with Gasteiger partial charge in [-0.2, -0.15) is 5.26 Å². The average molecular weight is 414 g/mol. The molecule has 0 radical (unpaired) electrons. The molecule has 1 heterocycles. The van der Waals surface area contributed by atoms with Crippen molar-refractivity contribution in [2.24, 2.45) is 0 Å². The van der Waals surface area contributed by atoms with Gasteiger partial charge in [0.1, 0.15) is 18.2 Å². The molecule has 0 aliphatic rings. The largest absolute Gasteiger partial charge is 0.507 e. The number of hydrogen-bond donors (Lipinski definition) is 2. The first-order valence-corrected chi connectivity index (χ1v) is 8.72. The number of hydrogen-bond acceptors (Lipinski definition) is 7. The van der Waals surface area contributed by atoms with E-state index < -0.39 is 18.3 Å². The lowest BCUT2D eigenvalue weighted by atomic mass is 10.2. The molecule has 29 heavy (non-hydrogen) atoms. The minimum atomic E-state index is -0.763. The number of aromatic amines is 1. The van der Waals surface area contributed by atoms with Crippen molar-refractivity contribution in [3.63, 3.8) is 0 Å². The monoisotopic (exact) mass is 413 g/mol. The first-order valence-electron chi connectivity index (χ1n) is 8.34. The minimum absolute atomic E-state index is 0.0997. The highest BCUT2D eigenvalue weighted by molar-refractivity contribution is 6.32. The second-order valence-corrected chi connectivity index (χ2v) is 6.21. The number of allylic oxidation sites excluding steroid dienone is 1. The van der Waals surface area contributed by atoms with Crippen LogP contribution in [0.5, 0.6) is 11.5 Å². The van der Waals surface area contributed by atoms with E-state index >= 15 is 0 Å². The highest BCUT2D eigenvalue weighted by Crippen LogP contribution is 2.36. The summed E-state index contributed by atoms with van der Waals surface area (Å²) >= 11 is 6.08. The number of aliphatic hydroxyl groups excluding tert-OH is 1. The number of imidazole rings is 1. The van der Waals surface area contributed by atoms with Crippen molar-refractivity contribution in [3.05, 3.63) is 58.6 Å². The van der Waals surface area contributed by atoms with Gasteiger partial charge < -0.3 is 24.3 Å². The van der Waals surface area contributed by atoms with Gasteiger partial charge in [-0.05, 0) is 24.3 Å². The zero-order valence-corrected chi connectivity index (χ0v) is 16.3. The predicted molar refractivity (Wildman–Crippen MR) is 106 cm³/mol. The van der Waals surface area contributed by atoms with E-state index in [0.717, 1.165) is 0 Å². The maximum atomic E-state index is 12.3. The van der Waals surface area contributed by atoms with E-state index in [1.807, 2.05) is 12.1 Å². The third-order valence-corrected chi connectivity index (χ3v) is 4.32. The number of nitrogens with one attached hydrogen (secondary N) is 1. The molecule has 2 aromatic carbocycles. The molecular weight excluding hydrogens is 398 g/mol. The molecule has 0 atom stereocenters. The molecule has 8 nitrogen and oxygen atoms in total. The fourth-order valence-electron chi connectivity index (χ4n) is 2.65. The molecule has 0 saturated heterocycles. The molecule has 1 aromatic heterocycles. The summed E-state index contributed by atoms with van der Waals surface area (Å²) < 4.78 is 15.4. The number of fused-ring (bicyclic) bond motifs is 1. The van der Waals surface area contributed by atoms with E-state index in [4.69, 9.17) is 25.8 Å². The molecule has 0 aliphatic carbocycles. The lowest BCUT2D eigenvalue weighted by Gasteiger charge is -2.11. The van der Waals surface area contributed by atoms with Gasteiger partial charge in [0, 0.05) is 0 Å². The Hall–Kier alpha value is -3.70. The van der Waals surface area contributed by atoms with Gasteiger partial charge in [-0.15, -0.1) is 0 Å². The Kier molecular flexibility index (Phi) is 5.90. The Bertz CT molecular complexity index is 1110. The highest BCUT2D eigenvalue weighted by atomic mass is 35.5. The van der Waals surface area contributed by atoms with Gasteiger partial charge in [0.05, 0.1) is 35.8 Å². The quantitative estimate of drug-likeness (QED) is 0.357. The van der Waals surface area contributed by atoms with Gasteiger partial charge >= 0.3 is 5.97 Å². The maximum Gasteiger partial charge on any atom is 0.338 e. The van der Waals surface area contributed by atoms with Crippen LogP contribution in [-0.4, -0.2) is 41.9 Å². The van der Waals surface area contributed by atoms with Gasteiger partial charge in [0.15, 0.2) is 23.1 Å². The number of carbonyl (C=O) groups excluding carboxylic acids is 1. The van der Waals surface area contributed by atoms with Crippen LogP contribution in [0, 0.1) is 11.3 Å². The van der Waals surface area contributed by atoms with Gasteiger partial charge in [-0.1, -0.05) is 23.7 Å². The Labute approximate surface area is 170 Å². The molecule has 3 aromatic rings. The van der Waals surface area contributed by atoms with Crippen molar-refractivity contribution in [1.82, 2.24) is 9.97 Å². The fraction of sp³-hybridized carbons (Fsp3) is 0.150. The number of nitriles is 1. The number of nitrogens with zero attached hydrogens (tertiary/aromatic N) is 2. The first-order chi connectivity index (χ1) is 14.0. The number of ether oxygens (including phenoxy) is 3. The molecular formula is C20H16ClN3O5. The molecule has 0 saturated carbocycles. The van der Waals surface area contributed by atoms with Crippen LogP contribution in [0.1, 0.15) is 16.2 Å². The molecule has 3 rings (SSSR count). The minimum Gasteiger partial charge on any atom is -0.507 e. The summed E-state index contributed by atoms with van der Waals surface area (Å²) in [6.07, 6.45) is 0. The van der Waals surface area contributed by atoms with Gasteiger partial charge in [-0.3, -0.25) is 0 Å². The van der Waals surface area contributed by atoms with E-state index in [2.05, 4.69) is 9.97 Å². The van der Waals surface area contributed by atoms with E-state index in [9.17, 15) is 15.2 Å². The lowest BCUT2D eigenvalue weighted by molar-refractivity contribution is 0.0502. The molecule has 0 amide bonds. The van der Waals surface area contributed by atoms with Crippen LogP contribution in [0.25, 0.3) is 16.6 Å². The second-order valence-electron chi connectivity index (χ2n) is 5.81. The molecule has 0 aliphatic heterocycles. The number of para-hydroxylation sites is 2. The number of carbonyl (C=O) groups is 1. The SMILES string of the molecule is COc1cc(C(=O)OC/C(O)=C(\C#N)c2nc3ccccc3[nH]2)cc(Cl)c1OC. The molecule has 0 unspecified atom stereocenters. The topological polar surface area (TPSA) is 117 Å². The number of aromatic nitrogens is 2. The smallest absolute Gasteiger partial charge is 0.338 e. The number of H-pyrrole nitrogens is 1. The lowest BCUT2D eigenvalue weighted by Crippen LogP contribution is -2.10. The van der Waals surface area contributed by atoms with Crippen LogP contribution in [0.3, 0.4) is 0 Å². The number of esters is 1. The zero-order valence-electron chi connectivity index (χ0n) is 15.5. The van der Waals surface area contributed by atoms with Crippen molar-refractivity contribution in [2.75, 3.05) is 20.8 Å². The second kappa shape index (κ2) is 8.54. The third-order valence-electron chi connectivity index (χ3n) is 4.04. The Morgan fingerprint density at radius 3 is 2.69 bits per heavy atom. The number of aliphatic hydroxyl groups is 1. The normalized spacial score (nSPS) is 11.5. The maximum absolute atomic E-state index is 12.3. The first kappa shape index (κ1) is 20.0. The van der Waals surface area contributed by atoms with Crippen molar-refractivity contribution in [2.45, 2.75) is 0 Å². The van der Waals surface area contributed by atoms with Crippen molar-refractivity contribution in [1.29, 1.82) is 5.26 Å². The fourth-order valence-corrected chi connectivity index (χ4v) is 2.94. The number of rotatable bonds is 6. The predicted octanol–water partition coefficient (Wildman–Crippen LogP) is 3.88. The summed E-state index contributed by atoms with van der Waals surface area (Å²) in [7, 11) is 2.83. The van der Waals surface area contributed by atoms with Crippen molar-refractivity contribution >= 4 is 34.2 Å². The van der Waals surface area contributed by atoms with E-state index in [0.29, 0.717) is 11.0 Å². The average Bonchev–Trinajstić information content (AvgIpc) is 3.15. The summed E-state index contributed by atoms with van der Waals surface area (Å²) in [5.41, 5.74) is 1.32. The van der Waals surface area contributed by atoms with E-state index in [1.54, 1.807) is 18.2 Å². The van der Waals surface area contributed by atoms with Crippen LogP contribution in [-0.2, 0) is 4.74 Å². The van der Waals surface area contributed by atoms with E-state index in [1.165, 1.54) is 26.4 Å². The molecule has 9 heteroatoms. The molecule has 0 spiro atoms. The Morgan fingerprint density at radius 2 is 2.03 bits per heavy atom. The summed E-state index contributed by atoms with van der Waals surface area (Å²) in [6, 6.07) is 11.8. The van der Waals surface area contributed by atoms with Crippen LogP contribution >= 0.6 is 11.6 Å². The van der Waals surface area contributed by atoms with Gasteiger partial charge in [0.2, 0.25) is 0 Å². The van der Waals surface area contributed by atoms with Crippen LogP contribution in [0.4, 0.5) is 0 Å². The van der Waals surface area contributed by atoms with Gasteiger partial charge in [-0.25, -0.2) is 9.78 Å². The molecule has 0 bridgehead atoms. The van der Waals surface area contributed by atoms with Crippen LogP contribution < -0.4 is 9.47 Å². The summed E-state index contributed by atoms with van der Waals surface area (Å²) in [4.78, 5) is 19.5. The van der Waals surface area contributed by atoms with Crippen molar-refractivity contribution < 1.29 is 24.1 Å². The van der Waals surface area contributed by atoms with E-state index in [-0.39, 0.29) is 33.5 Å². The summed E-state index contributed by atoms with van der Waals surface area (Å²) in [5, 5.41) is 19.8. The standard InChI is InChI=1S/C20H16ClN3O5/c1-27-17-8-11(7-13(21)18(17)28-2)20(26)29-10-16(25)12(9-22)19-23-14-5-3-4-6-15(14)24-19/h3-8,25H,10H2,1-2H3,(H,23,24)/b16-12-. The Morgan fingerprint density at radius 1 is 1.28 bits per heavy atom. The molecule has 148 valence electrons. The molecule has 0 fully saturated rings. The Balaban J connectivity index is 1.81. The highest BCUT2D eigenvalue weighted by Gasteiger charge is 2.18. The van der Waals surface area contributed by atoms with Gasteiger partial charge in [0.25, 0.3) is 0 Å². The summed E-state index contributed by atoms with van der Waals surface area (Å²) in [6.45, 7) is -0.523. The zero-order chi connectivity index (χ0) is 21.0. The third kappa shape index (κ3) is 4.10. The van der Waals surface area contributed by atoms with Crippen LogP contribution in [0.2, 0.25) is 5.02 Å². The number of benzene rings is 2. The number of methoxy groups -OCH3 is 2. The number of halogens is 1. The molecule has 2 N–H and O–H groups in total.